The fraction of sp³-hybridized carbons (Fsp3) is 0.391. The van der Waals surface area contributed by atoms with Gasteiger partial charge in [-0.2, -0.15) is 0 Å². The molecule has 2 N–H and O–H groups in total. The minimum atomic E-state index is -1.04. The van der Waals surface area contributed by atoms with Gasteiger partial charge in [-0.05, 0) is 42.8 Å². The highest BCUT2D eigenvalue weighted by molar-refractivity contribution is 5.99. The van der Waals surface area contributed by atoms with Gasteiger partial charge in [-0.25, -0.2) is 9.18 Å². The summed E-state index contributed by atoms with van der Waals surface area (Å²) in [7, 11) is 2.95. The van der Waals surface area contributed by atoms with E-state index in [9.17, 15) is 19.1 Å². The molecule has 0 spiro atoms. The number of hydrogen-bond acceptors (Lipinski definition) is 5. The first-order valence-corrected chi connectivity index (χ1v) is 10.2. The molecule has 1 unspecified atom stereocenters. The maximum atomic E-state index is 12.9. The molecule has 0 aliphatic carbocycles. The molecule has 31 heavy (non-hydrogen) atoms. The molecule has 2 aromatic carbocycles. The van der Waals surface area contributed by atoms with Crippen LogP contribution < -0.4 is 4.90 Å². The molecule has 0 saturated carbocycles. The first-order chi connectivity index (χ1) is 14.8. The zero-order valence-corrected chi connectivity index (χ0v) is 17.9. The van der Waals surface area contributed by atoms with Crippen molar-refractivity contribution < 1.29 is 24.2 Å². The van der Waals surface area contributed by atoms with Crippen molar-refractivity contribution in [1.82, 2.24) is 9.80 Å². The Labute approximate surface area is 182 Å². The van der Waals surface area contributed by atoms with Gasteiger partial charge in [0.05, 0.1) is 0 Å². The van der Waals surface area contributed by atoms with Crippen LogP contribution in [0.5, 0.6) is 0 Å². The molecule has 1 heterocycles. The number of carbonyl (C=O) groups is 2. The molecule has 1 amide bonds. The summed E-state index contributed by atoms with van der Waals surface area (Å²) in [5.41, 5.74) is 1.58. The van der Waals surface area contributed by atoms with Gasteiger partial charge in [-0.3, -0.25) is 9.69 Å². The van der Waals surface area contributed by atoms with Gasteiger partial charge in [0.25, 0.3) is 0 Å². The Morgan fingerprint density at radius 1 is 1.00 bits per heavy atom. The Morgan fingerprint density at radius 3 is 2.06 bits per heavy atom. The van der Waals surface area contributed by atoms with Gasteiger partial charge in [0.1, 0.15) is 11.9 Å². The fourth-order valence-corrected chi connectivity index (χ4v) is 3.11. The molecule has 0 bridgehead atoms. The average molecular weight is 432 g/mol. The number of aliphatic hydroxyl groups is 1. The summed E-state index contributed by atoms with van der Waals surface area (Å²) in [5, 5.41) is 18.0. The molecule has 1 saturated heterocycles. The molecule has 0 aromatic heterocycles. The van der Waals surface area contributed by atoms with E-state index in [1.165, 1.54) is 44.0 Å². The van der Waals surface area contributed by atoms with Crippen LogP contribution >= 0.6 is 0 Å². The van der Waals surface area contributed by atoms with E-state index in [1.54, 1.807) is 0 Å². The van der Waals surface area contributed by atoms with E-state index in [0.29, 0.717) is 18.5 Å². The fourth-order valence-electron chi connectivity index (χ4n) is 3.11. The number of halogens is 1. The van der Waals surface area contributed by atoms with Crippen LogP contribution in [0.2, 0.25) is 0 Å². The predicted octanol–water partition coefficient (Wildman–Crippen LogP) is 2.81. The van der Waals surface area contributed by atoms with Crippen molar-refractivity contribution in [1.29, 1.82) is 0 Å². The van der Waals surface area contributed by atoms with E-state index in [1.807, 2.05) is 18.2 Å². The van der Waals surface area contributed by atoms with Crippen LogP contribution in [-0.2, 0) is 0 Å². The van der Waals surface area contributed by atoms with E-state index in [4.69, 9.17) is 5.11 Å². The number of carboxylic acid groups (broad SMARTS) is 1. The molecule has 0 radical (unpaired) electrons. The average Bonchev–Trinajstić information content (AvgIpc) is 2.79. The molecule has 1 aliphatic rings. The van der Waals surface area contributed by atoms with Crippen molar-refractivity contribution in [3.05, 3.63) is 66.0 Å². The van der Waals surface area contributed by atoms with Gasteiger partial charge in [-0.1, -0.05) is 18.2 Å². The van der Waals surface area contributed by atoms with Crippen LogP contribution in [0.4, 0.5) is 14.9 Å². The van der Waals surface area contributed by atoms with E-state index >= 15 is 0 Å². The lowest BCUT2D eigenvalue weighted by molar-refractivity contribution is 0.0700. The van der Waals surface area contributed by atoms with Gasteiger partial charge >= 0.3 is 6.09 Å². The van der Waals surface area contributed by atoms with Crippen LogP contribution in [0.15, 0.2) is 54.6 Å². The van der Waals surface area contributed by atoms with Gasteiger partial charge in [0, 0.05) is 58.1 Å². The van der Waals surface area contributed by atoms with Crippen LogP contribution in [0.25, 0.3) is 0 Å². The largest absolute Gasteiger partial charge is 0.465 e. The Bertz CT molecular complexity index is 822. The molecular formula is C23H30FN3O4. The number of rotatable bonds is 6. The number of Topliss-reactive ketones (excluding diaryl/α,β-unsaturated/α-hetero) is 1. The Hall–Kier alpha value is -2.97. The summed E-state index contributed by atoms with van der Waals surface area (Å²) < 4.78 is 12.9. The Kier molecular flexibility index (Phi) is 9.42. The number of hydrogen-bond donors (Lipinski definition) is 2. The van der Waals surface area contributed by atoms with Crippen molar-refractivity contribution in [3.63, 3.8) is 0 Å². The van der Waals surface area contributed by atoms with Crippen molar-refractivity contribution in [2.75, 3.05) is 51.7 Å². The Morgan fingerprint density at radius 2 is 1.55 bits per heavy atom. The van der Waals surface area contributed by atoms with Crippen molar-refractivity contribution in [2.24, 2.45) is 0 Å². The van der Waals surface area contributed by atoms with Crippen LogP contribution in [0.1, 0.15) is 16.8 Å². The number of amides is 1. The lowest BCUT2D eigenvalue weighted by Crippen LogP contribution is -2.47. The molecule has 2 aromatic rings. The maximum Gasteiger partial charge on any atom is 0.406 e. The summed E-state index contributed by atoms with van der Waals surface area (Å²) in [6, 6.07) is 15.6. The lowest BCUT2D eigenvalue weighted by atomic mass is 10.0. The topological polar surface area (TPSA) is 84.3 Å². The smallest absolute Gasteiger partial charge is 0.406 e. The summed E-state index contributed by atoms with van der Waals surface area (Å²) in [5.74, 6) is -0.731. The second kappa shape index (κ2) is 12.0. The SMILES string of the molecule is CN(C)C(=O)O.O=C(c1ccc(F)cc1)C(O)CCN1CCN(c2ccccc2)CC1. The quantitative estimate of drug-likeness (QED) is 0.685. The van der Waals surface area contributed by atoms with E-state index < -0.39 is 12.2 Å². The van der Waals surface area contributed by atoms with Crippen LogP contribution in [0, 0.1) is 5.82 Å². The molecule has 3 rings (SSSR count). The molecule has 168 valence electrons. The van der Waals surface area contributed by atoms with Gasteiger partial charge in [0.15, 0.2) is 5.78 Å². The number of piperazine rings is 1. The molecule has 1 aliphatic heterocycles. The van der Waals surface area contributed by atoms with Crippen LogP contribution in [0.3, 0.4) is 0 Å². The summed E-state index contributed by atoms with van der Waals surface area (Å²) in [6.07, 6.45) is -1.56. The molecule has 1 fully saturated rings. The number of benzene rings is 2. The monoisotopic (exact) mass is 431 g/mol. The van der Waals surface area contributed by atoms with Crippen molar-refractivity contribution >= 4 is 17.6 Å². The third-order valence-electron chi connectivity index (χ3n) is 5.03. The predicted molar refractivity (Wildman–Crippen MR) is 118 cm³/mol. The zero-order chi connectivity index (χ0) is 22.8. The standard InChI is InChI=1S/C20H23FN2O2.C3H7NO2/c21-17-8-6-16(7-9-17)20(25)19(24)10-11-22-12-14-23(15-13-22)18-4-2-1-3-5-18;1-4(2)3(5)6/h1-9,19,24H,10-15H2;1-2H3,(H,5,6). The third-order valence-corrected chi connectivity index (χ3v) is 5.03. The van der Waals surface area contributed by atoms with Crippen molar-refractivity contribution in [3.8, 4) is 0 Å². The molecule has 8 heteroatoms. The van der Waals surface area contributed by atoms with Gasteiger partial charge in [-0.15, -0.1) is 0 Å². The minimum absolute atomic E-state index is 0.345. The number of nitrogens with zero attached hydrogens (tertiary/aromatic N) is 3. The van der Waals surface area contributed by atoms with Crippen molar-refractivity contribution in [2.45, 2.75) is 12.5 Å². The lowest BCUT2D eigenvalue weighted by Gasteiger charge is -2.36. The second-order valence-electron chi connectivity index (χ2n) is 7.52. The first kappa shape index (κ1) is 24.3. The molecular weight excluding hydrogens is 401 g/mol. The minimum Gasteiger partial charge on any atom is -0.465 e. The Balaban J connectivity index is 0.000000501. The maximum absolute atomic E-state index is 12.9. The van der Waals surface area contributed by atoms with Crippen LogP contribution in [-0.4, -0.2) is 84.8 Å². The molecule has 7 nitrogen and oxygen atoms in total. The summed E-state index contributed by atoms with van der Waals surface area (Å²) in [6.45, 7) is 4.37. The number of aliphatic hydroxyl groups excluding tert-OH is 1. The van der Waals surface area contributed by atoms with E-state index in [0.717, 1.165) is 31.1 Å². The number of anilines is 1. The van der Waals surface area contributed by atoms with E-state index in [-0.39, 0.29) is 11.6 Å². The second-order valence-corrected chi connectivity index (χ2v) is 7.52. The highest BCUT2D eigenvalue weighted by atomic mass is 19.1. The number of ketones is 1. The van der Waals surface area contributed by atoms with Gasteiger partial charge < -0.3 is 20.0 Å². The number of carbonyl (C=O) groups excluding carboxylic acids is 1. The summed E-state index contributed by atoms with van der Waals surface area (Å²) >= 11 is 0. The third kappa shape index (κ3) is 7.99. The van der Waals surface area contributed by atoms with E-state index in [2.05, 4.69) is 21.9 Å². The van der Waals surface area contributed by atoms with Gasteiger partial charge in [0.2, 0.25) is 0 Å². The highest BCUT2D eigenvalue weighted by Gasteiger charge is 2.21. The normalized spacial score (nSPS) is 14.9. The summed E-state index contributed by atoms with van der Waals surface area (Å²) in [4.78, 5) is 27.5. The highest BCUT2D eigenvalue weighted by Crippen LogP contribution is 2.16. The molecule has 1 atom stereocenters. The zero-order valence-electron chi connectivity index (χ0n) is 17.9. The first-order valence-electron chi connectivity index (χ1n) is 10.2. The number of para-hydroxylation sites is 1.